The van der Waals surface area contributed by atoms with E-state index in [1.165, 1.54) is 11.3 Å². The standard InChI is InChI=1S/C30H26BrN3O4S/c1-4-38-22-13-11-20(12-14-22)27-26(28(35)33-21-8-6-5-7-9-21)18(2)32-30-34(27)29(36)25(39-30)17-19-10-15-24(37-3)23(31)16-19/h5-17,27H,4H2,1-3H3,(H,33,35)/b25-17-/t27-/m1/s1. The Morgan fingerprint density at radius 2 is 1.87 bits per heavy atom. The van der Waals surface area contributed by atoms with Crippen molar-refractivity contribution in [3.05, 3.63) is 119 Å². The van der Waals surface area contributed by atoms with Crippen LogP contribution in [0.1, 0.15) is 31.0 Å². The first-order valence-corrected chi connectivity index (χ1v) is 14.0. The van der Waals surface area contributed by atoms with Crippen molar-refractivity contribution in [3.63, 3.8) is 0 Å². The lowest BCUT2D eigenvalue weighted by atomic mass is 9.95. The molecule has 3 aromatic carbocycles. The summed E-state index contributed by atoms with van der Waals surface area (Å²) < 4.78 is 13.9. The maximum absolute atomic E-state index is 13.9. The Morgan fingerprint density at radius 3 is 2.54 bits per heavy atom. The summed E-state index contributed by atoms with van der Waals surface area (Å²) in [5, 5.41) is 2.97. The summed E-state index contributed by atoms with van der Waals surface area (Å²) in [6.07, 6.45) is 1.83. The summed E-state index contributed by atoms with van der Waals surface area (Å²) in [6.45, 7) is 4.27. The minimum atomic E-state index is -0.662. The van der Waals surface area contributed by atoms with Gasteiger partial charge in [0.2, 0.25) is 0 Å². The van der Waals surface area contributed by atoms with E-state index in [0.29, 0.717) is 38.6 Å². The number of amides is 1. The largest absolute Gasteiger partial charge is 0.496 e. The van der Waals surface area contributed by atoms with E-state index in [2.05, 4.69) is 21.2 Å². The summed E-state index contributed by atoms with van der Waals surface area (Å²) in [5.41, 5.74) is 3.03. The summed E-state index contributed by atoms with van der Waals surface area (Å²) in [4.78, 5) is 32.8. The molecular formula is C30H26BrN3O4S. The van der Waals surface area contributed by atoms with E-state index in [1.807, 2.05) is 85.8 Å². The number of allylic oxidation sites excluding steroid dienone is 1. The number of halogens is 1. The van der Waals surface area contributed by atoms with E-state index < -0.39 is 6.04 Å². The number of carbonyl (C=O) groups is 1. The van der Waals surface area contributed by atoms with Crippen LogP contribution < -0.4 is 29.7 Å². The number of aromatic nitrogens is 1. The first-order chi connectivity index (χ1) is 18.9. The molecule has 0 spiro atoms. The Hall–Kier alpha value is -3.95. The number of carbonyl (C=O) groups excluding carboxylic acids is 1. The number of ether oxygens (including phenoxy) is 2. The lowest BCUT2D eigenvalue weighted by molar-refractivity contribution is -0.113. The average Bonchev–Trinajstić information content (AvgIpc) is 3.23. The van der Waals surface area contributed by atoms with Crippen LogP contribution in [0.25, 0.3) is 6.08 Å². The van der Waals surface area contributed by atoms with Gasteiger partial charge in [-0.25, -0.2) is 4.99 Å². The second kappa shape index (κ2) is 11.4. The van der Waals surface area contributed by atoms with E-state index >= 15 is 0 Å². The Bertz CT molecular complexity index is 1740. The van der Waals surface area contributed by atoms with Gasteiger partial charge in [0.25, 0.3) is 11.5 Å². The Labute approximate surface area is 237 Å². The molecule has 0 radical (unpaired) electrons. The smallest absolute Gasteiger partial charge is 0.271 e. The second-order valence-corrected chi connectivity index (χ2v) is 10.7. The number of hydrogen-bond acceptors (Lipinski definition) is 6. The number of thiazole rings is 1. The molecular weight excluding hydrogens is 578 g/mol. The van der Waals surface area contributed by atoms with Crippen LogP contribution in [0.3, 0.4) is 0 Å². The number of benzene rings is 3. The summed E-state index contributed by atoms with van der Waals surface area (Å²) in [6, 6.07) is 21.7. The molecule has 1 amide bonds. The highest BCUT2D eigenvalue weighted by Gasteiger charge is 2.32. The van der Waals surface area contributed by atoms with Gasteiger partial charge in [0.05, 0.1) is 40.0 Å². The van der Waals surface area contributed by atoms with Crippen LogP contribution in [0.2, 0.25) is 0 Å². The predicted octanol–water partition coefficient (Wildman–Crippen LogP) is 5.04. The normalized spacial score (nSPS) is 15.0. The van der Waals surface area contributed by atoms with Crippen molar-refractivity contribution < 1.29 is 14.3 Å². The van der Waals surface area contributed by atoms with Crippen LogP contribution in [0.15, 0.2) is 98.3 Å². The monoisotopic (exact) mass is 603 g/mol. The lowest BCUT2D eigenvalue weighted by Gasteiger charge is -2.25. The van der Waals surface area contributed by atoms with Crippen LogP contribution in [-0.2, 0) is 4.79 Å². The third-order valence-corrected chi connectivity index (χ3v) is 7.88. The van der Waals surface area contributed by atoms with Crippen molar-refractivity contribution in [2.45, 2.75) is 19.9 Å². The Morgan fingerprint density at radius 1 is 1.13 bits per heavy atom. The zero-order valence-electron chi connectivity index (χ0n) is 21.6. The fourth-order valence-corrected chi connectivity index (χ4v) is 6.09. The highest BCUT2D eigenvalue weighted by Crippen LogP contribution is 2.32. The molecule has 39 heavy (non-hydrogen) atoms. The molecule has 0 saturated heterocycles. The molecule has 0 unspecified atom stereocenters. The SMILES string of the molecule is CCOc1ccc([C@@H]2C(C(=O)Nc3ccccc3)=C(C)N=c3s/c(=C\c4ccc(OC)c(Br)c4)c(=O)n32)cc1. The van der Waals surface area contributed by atoms with Gasteiger partial charge >= 0.3 is 0 Å². The molecule has 7 nitrogen and oxygen atoms in total. The van der Waals surface area contributed by atoms with Crippen molar-refractivity contribution >= 4 is 44.9 Å². The molecule has 198 valence electrons. The van der Waals surface area contributed by atoms with Crippen molar-refractivity contribution in [3.8, 4) is 11.5 Å². The number of para-hydroxylation sites is 1. The molecule has 1 N–H and O–H groups in total. The molecule has 1 atom stereocenters. The van der Waals surface area contributed by atoms with Crippen molar-refractivity contribution in [2.75, 3.05) is 19.0 Å². The van der Waals surface area contributed by atoms with Gasteiger partial charge in [-0.05, 0) is 83.4 Å². The van der Waals surface area contributed by atoms with Gasteiger partial charge in [0, 0.05) is 5.69 Å². The van der Waals surface area contributed by atoms with Gasteiger partial charge < -0.3 is 14.8 Å². The third-order valence-electron chi connectivity index (χ3n) is 6.28. The van der Waals surface area contributed by atoms with E-state index in [0.717, 1.165) is 21.3 Å². The number of nitrogens with zero attached hydrogens (tertiary/aromatic N) is 2. The van der Waals surface area contributed by atoms with E-state index in [9.17, 15) is 9.59 Å². The van der Waals surface area contributed by atoms with Crippen LogP contribution >= 0.6 is 27.3 Å². The molecule has 0 aliphatic carbocycles. The maximum atomic E-state index is 13.9. The lowest BCUT2D eigenvalue weighted by Crippen LogP contribution is -2.40. The first kappa shape index (κ1) is 26.6. The molecule has 1 aliphatic rings. The van der Waals surface area contributed by atoms with Gasteiger partial charge in [-0.1, -0.05) is 47.7 Å². The van der Waals surface area contributed by atoms with Gasteiger partial charge in [-0.3, -0.25) is 14.2 Å². The number of rotatable bonds is 7. The fourth-order valence-electron chi connectivity index (χ4n) is 4.48. The van der Waals surface area contributed by atoms with Crippen LogP contribution in [-0.4, -0.2) is 24.2 Å². The van der Waals surface area contributed by atoms with Gasteiger partial charge in [0.1, 0.15) is 11.5 Å². The van der Waals surface area contributed by atoms with Crippen molar-refractivity contribution in [2.24, 2.45) is 4.99 Å². The number of fused-ring (bicyclic) bond motifs is 1. The van der Waals surface area contributed by atoms with Crippen molar-refractivity contribution in [1.29, 1.82) is 0 Å². The first-order valence-electron chi connectivity index (χ1n) is 12.3. The summed E-state index contributed by atoms with van der Waals surface area (Å²) in [7, 11) is 1.60. The molecule has 0 saturated carbocycles. The minimum Gasteiger partial charge on any atom is -0.496 e. The predicted molar refractivity (Wildman–Crippen MR) is 157 cm³/mol. The zero-order valence-corrected chi connectivity index (χ0v) is 24.0. The summed E-state index contributed by atoms with van der Waals surface area (Å²) >= 11 is 4.80. The Kier molecular flexibility index (Phi) is 7.81. The molecule has 1 aromatic heterocycles. The average molecular weight is 605 g/mol. The van der Waals surface area contributed by atoms with E-state index in [4.69, 9.17) is 14.5 Å². The zero-order chi connectivity index (χ0) is 27.5. The topological polar surface area (TPSA) is 81.9 Å². The quantitative estimate of drug-likeness (QED) is 0.321. The third kappa shape index (κ3) is 5.46. The molecule has 0 bridgehead atoms. The molecule has 2 heterocycles. The number of methoxy groups -OCH3 is 1. The Balaban J connectivity index is 1.65. The van der Waals surface area contributed by atoms with Crippen molar-refractivity contribution in [1.82, 2.24) is 4.57 Å². The van der Waals surface area contributed by atoms with E-state index in [1.54, 1.807) is 18.6 Å². The molecule has 9 heteroatoms. The highest BCUT2D eigenvalue weighted by atomic mass is 79.9. The van der Waals surface area contributed by atoms with Gasteiger partial charge in [0.15, 0.2) is 4.80 Å². The van der Waals surface area contributed by atoms with Crippen LogP contribution in [0.4, 0.5) is 5.69 Å². The molecule has 1 aliphatic heterocycles. The second-order valence-electron chi connectivity index (χ2n) is 8.80. The molecule has 0 fully saturated rings. The summed E-state index contributed by atoms with van der Waals surface area (Å²) in [5.74, 6) is 1.11. The molecule has 4 aromatic rings. The van der Waals surface area contributed by atoms with Gasteiger partial charge in [-0.2, -0.15) is 0 Å². The maximum Gasteiger partial charge on any atom is 0.271 e. The number of anilines is 1. The number of hydrogen-bond donors (Lipinski definition) is 1. The highest BCUT2D eigenvalue weighted by molar-refractivity contribution is 9.10. The van der Waals surface area contributed by atoms with Gasteiger partial charge in [-0.15, -0.1) is 0 Å². The molecule has 5 rings (SSSR count). The van der Waals surface area contributed by atoms with E-state index in [-0.39, 0.29) is 11.5 Å². The van der Waals surface area contributed by atoms with Crippen LogP contribution in [0, 0.1) is 0 Å². The number of nitrogens with one attached hydrogen (secondary N) is 1. The minimum absolute atomic E-state index is 0.220. The fraction of sp³-hybridized carbons (Fsp3) is 0.167. The van der Waals surface area contributed by atoms with Crippen LogP contribution in [0.5, 0.6) is 11.5 Å².